The van der Waals surface area contributed by atoms with Crippen molar-refractivity contribution in [3.8, 4) is 16.2 Å². The molecule has 1 aliphatic rings. The third kappa shape index (κ3) is 4.45. The van der Waals surface area contributed by atoms with Gasteiger partial charge in [-0.1, -0.05) is 24.2 Å². The van der Waals surface area contributed by atoms with E-state index in [1.165, 1.54) is 11.3 Å². The lowest BCUT2D eigenvalue weighted by Gasteiger charge is -2.12. The Balaban J connectivity index is 1.53. The summed E-state index contributed by atoms with van der Waals surface area (Å²) < 4.78 is 10.9. The van der Waals surface area contributed by atoms with Crippen LogP contribution in [-0.2, 0) is 11.3 Å². The molecule has 0 bridgehead atoms. The predicted molar refractivity (Wildman–Crippen MR) is 115 cm³/mol. The Morgan fingerprint density at radius 3 is 2.86 bits per heavy atom. The molecular weight excluding hydrogens is 386 g/mol. The summed E-state index contributed by atoms with van der Waals surface area (Å²) in [5.74, 6) is 1.83. The minimum Gasteiger partial charge on any atom is -0.495 e. The fourth-order valence-electron chi connectivity index (χ4n) is 3.70. The van der Waals surface area contributed by atoms with Gasteiger partial charge in [0.2, 0.25) is 5.91 Å². The largest absolute Gasteiger partial charge is 0.495 e. The topological polar surface area (TPSA) is 76.4 Å². The molecule has 6 nitrogen and oxygen atoms in total. The van der Waals surface area contributed by atoms with Crippen molar-refractivity contribution >= 4 is 28.1 Å². The van der Waals surface area contributed by atoms with Crippen LogP contribution in [0.5, 0.6) is 5.75 Å². The summed E-state index contributed by atoms with van der Waals surface area (Å²) in [6.45, 7) is 2.54. The van der Waals surface area contributed by atoms with Crippen LogP contribution in [0.15, 0.2) is 41.0 Å². The van der Waals surface area contributed by atoms with Crippen LogP contribution in [0.3, 0.4) is 0 Å². The number of ether oxygens (including phenoxy) is 1. The second kappa shape index (κ2) is 8.69. The molecule has 29 heavy (non-hydrogen) atoms. The maximum absolute atomic E-state index is 12.4. The first-order valence-corrected chi connectivity index (χ1v) is 10.7. The zero-order valence-electron chi connectivity index (χ0n) is 16.7. The van der Waals surface area contributed by atoms with Crippen molar-refractivity contribution in [2.75, 3.05) is 17.7 Å². The van der Waals surface area contributed by atoms with Gasteiger partial charge in [-0.15, -0.1) is 0 Å². The van der Waals surface area contributed by atoms with Gasteiger partial charge in [0.25, 0.3) is 0 Å². The van der Waals surface area contributed by atoms with Gasteiger partial charge in [0, 0.05) is 5.92 Å². The Bertz CT molecular complexity index is 975. The summed E-state index contributed by atoms with van der Waals surface area (Å²) in [4.78, 5) is 18.0. The van der Waals surface area contributed by atoms with E-state index in [1.54, 1.807) is 13.4 Å². The van der Waals surface area contributed by atoms with Crippen LogP contribution in [0, 0.1) is 12.8 Å². The lowest BCUT2D eigenvalue weighted by molar-refractivity contribution is -0.119. The van der Waals surface area contributed by atoms with Crippen LogP contribution in [0.1, 0.15) is 37.1 Å². The maximum Gasteiger partial charge on any atom is 0.229 e. The maximum atomic E-state index is 12.4. The average Bonchev–Trinajstić information content (AvgIpc) is 3.48. The number of thiazole rings is 1. The fourth-order valence-corrected chi connectivity index (χ4v) is 4.66. The number of methoxy groups -OCH3 is 1. The number of nitrogens with one attached hydrogen (secondary N) is 2. The summed E-state index contributed by atoms with van der Waals surface area (Å²) in [7, 11) is 1.65. The Morgan fingerprint density at radius 2 is 2.14 bits per heavy atom. The molecule has 1 fully saturated rings. The number of aromatic nitrogens is 1. The number of hydrogen-bond acceptors (Lipinski definition) is 6. The van der Waals surface area contributed by atoms with Gasteiger partial charge >= 0.3 is 0 Å². The zero-order chi connectivity index (χ0) is 20.2. The molecule has 2 aromatic heterocycles. The van der Waals surface area contributed by atoms with E-state index in [1.807, 2.05) is 37.3 Å². The van der Waals surface area contributed by atoms with Crippen LogP contribution in [0.2, 0.25) is 0 Å². The summed E-state index contributed by atoms with van der Waals surface area (Å²) in [5, 5.41) is 7.04. The normalized spacial score (nSPS) is 14.1. The van der Waals surface area contributed by atoms with Gasteiger partial charge in [-0.25, -0.2) is 4.98 Å². The molecule has 1 amide bonds. The minimum atomic E-state index is 0.0957. The highest BCUT2D eigenvalue weighted by molar-refractivity contribution is 7.19. The van der Waals surface area contributed by atoms with Gasteiger partial charge in [0.05, 0.1) is 36.2 Å². The summed E-state index contributed by atoms with van der Waals surface area (Å²) >= 11 is 1.51. The monoisotopic (exact) mass is 411 g/mol. The van der Waals surface area contributed by atoms with E-state index in [0.29, 0.717) is 11.7 Å². The third-order valence-electron chi connectivity index (χ3n) is 5.25. The van der Waals surface area contributed by atoms with Crippen LogP contribution in [0.25, 0.3) is 10.4 Å². The Kier molecular flexibility index (Phi) is 5.85. The van der Waals surface area contributed by atoms with E-state index >= 15 is 0 Å². The minimum absolute atomic E-state index is 0.0957. The number of carbonyl (C=O) groups excluding carboxylic acids is 1. The number of rotatable bonds is 7. The van der Waals surface area contributed by atoms with Crippen LogP contribution in [0.4, 0.5) is 10.8 Å². The van der Waals surface area contributed by atoms with Crippen molar-refractivity contribution in [3.63, 3.8) is 0 Å². The lowest BCUT2D eigenvalue weighted by atomic mass is 10.1. The van der Waals surface area contributed by atoms with E-state index in [2.05, 4.69) is 15.6 Å². The molecule has 0 spiro atoms. The van der Waals surface area contributed by atoms with Crippen molar-refractivity contribution in [1.82, 2.24) is 4.98 Å². The van der Waals surface area contributed by atoms with E-state index in [0.717, 1.165) is 59.0 Å². The number of carbonyl (C=O) groups is 1. The van der Waals surface area contributed by atoms with Crippen LogP contribution in [-0.4, -0.2) is 18.0 Å². The summed E-state index contributed by atoms with van der Waals surface area (Å²) in [6.07, 6.45) is 5.89. The summed E-state index contributed by atoms with van der Waals surface area (Å²) in [6, 6.07) is 9.79. The molecule has 2 N–H and O–H groups in total. The highest BCUT2D eigenvalue weighted by atomic mass is 32.1. The predicted octanol–water partition coefficient (Wildman–Crippen LogP) is 5.46. The quantitative estimate of drug-likeness (QED) is 0.540. The number of furan rings is 1. The zero-order valence-corrected chi connectivity index (χ0v) is 17.5. The molecule has 2 heterocycles. The lowest BCUT2D eigenvalue weighted by Crippen LogP contribution is -2.20. The second-order valence-electron chi connectivity index (χ2n) is 7.25. The van der Waals surface area contributed by atoms with Gasteiger partial charge in [0.1, 0.15) is 11.5 Å². The van der Waals surface area contributed by atoms with Crippen molar-refractivity contribution in [2.24, 2.45) is 5.92 Å². The van der Waals surface area contributed by atoms with Gasteiger partial charge in [-0.05, 0) is 55.7 Å². The average molecular weight is 412 g/mol. The molecule has 152 valence electrons. The molecule has 0 radical (unpaired) electrons. The molecule has 1 aliphatic carbocycles. The second-order valence-corrected chi connectivity index (χ2v) is 8.25. The van der Waals surface area contributed by atoms with E-state index in [-0.39, 0.29) is 11.8 Å². The van der Waals surface area contributed by atoms with Crippen molar-refractivity contribution in [1.29, 1.82) is 0 Å². The van der Waals surface area contributed by atoms with Gasteiger partial charge in [0.15, 0.2) is 5.13 Å². The molecule has 0 atom stereocenters. The third-order valence-corrected chi connectivity index (χ3v) is 6.37. The SMILES string of the molecule is COc1ccc(-c2sc(NC(=O)C3CCCC3)nc2C)cc1NCc1ccco1. The number of nitrogens with zero attached hydrogens (tertiary/aromatic N) is 1. The first kappa shape index (κ1) is 19.5. The molecule has 1 saturated carbocycles. The molecule has 0 aliphatic heterocycles. The summed E-state index contributed by atoms with van der Waals surface area (Å²) in [5.41, 5.74) is 2.81. The van der Waals surface area contributed by atoms with E-state index < -0.39 is 0 Å². The first-order valence-electron chi connectivity index (χ1n) is 9.87. The Labute approximate surface area is 174 Å². The molecule has 1 aromatic carbocycles. The van der Waals surface area contributed by atoms with E-state index in [9.17, 15) is 4.79 Å². The van der Waals surface area contributed by atoms with Gasteiger partial charge in [-0.3, -0.25) is 4.79 Å². The Hall–Kier alpha value is -2.80. The van der Waals surface area contributed by atoms with Crippen LogP contribution >= 0.6 is 11.3 Å². The van der Waals surface area contributed by atoms with Crippen molar-refractivity contribution in [2.45, 2.75) is 39.2 Å². The Morgan fingerprint density at radius 1 is 1.31 bits per heavy atom. The molecule has 0 unspecified atom stereocenters. The standard InChI is InChI=1S/C22H25N3O3S/c1-14-20(29-22(24-14)25-21(26)15-6-3-4-7-15)16-9-10-19(27-2)18(12-16)23-13-17-8-5-11-28-17/h5,8-12,15,23H,3-4,6-7,13H2,1-2H3,(H,24,25,26). The van der Waals surface area contributed by atoms with Gasteiger partial charge in [-0.2, -0.15) is 0 Å². The smallest absolute Gasteiger partial charge is 0.229 e. The van der Waals surface area contributed by atoms with Crippen molar-refractivity contribution < 1.29 is 13.9 Å². The molecular formula is C22H25N3O3S. The number of hydrogen-bond donors (Lipinski definition) is 2. The number of amides is 1. The molecule has 3 aromatic rings. The fraction of sp³-hybridized carbons (Fsp3) is 0.364. The highest BCUT2D eigenvalue weighted by Crippen LogP contribution is 2.37. The van der Waals surface area contributed by atoms with Crippen LogP contribution < -0.4 is 15.4 Å². The number of anilines is 2. The van der Waals surface area contributed by atoms with E-state index in [4.69, 9.17) is 9.15 Å². The number of aryl methyl sites for hydroxylation is 1. The molecule has 7 heteroatoms. The first-order chi connectivity index (χ1) is 14.1. The highest BCUT2D eigenvalue weighted by Gasteiger charge is 2.24. The van der Waals surface area contributed by atoms with Gasteiger partial charge < -0.3 is 19.8 Å². The van der Waals surface area contributed by atoms with Crippen molar-refractivity contribution in [3.05, 3.63) is 48.0 Å². The number of benzene rings is 1. The molecule has 0 saturated heterocycles. The molecule has 4 rings (SSSR count).